The first-order chi connectivity index (χ1) is 22.5. The van der Waals surface area contributed by atoms with Gasteiger partial charge in [0.15, 0.2) is 0 Å². The van der Waals surface area contributed by atoms with Gasteiger partial charge in [-0.2, -0.15) is 0 Å². The van der Waals surface area contributed by atoms with E-state index in [4.69, 9.17) is 4.74 Å². The number of hydrogen-bond donors (Lipinski definition) is 5. The van der Waals surface area contributed by atoms with E-state index in [1.807, 2.05) is 36.4 Å². The molecule has 0 bridgehead atoms. The van der Waals surface area contributed by atoms with Crippen LogP contribution < -0.4 is 16.0 Å². The van der Waals surface area contributed by atoms with E-state index in [1.54, 1.807) is 62.4 Å². The molecule has 0 fully saturated rings. The fourth-order valence-electron chi connectivity index (χ4n) is 5.58. The molecular formula is C36H34N4O7. The van der Waals surface area contributed by atoms with E-state index in [2.05, 4.69) is 20.9 Å². The molecule has 5 rings (SSSR count). The van der Waals surface area contributed by atoms with Crippen LogP contribution in [0.4, 0.5) is 5.69 Å². The molecule has 0 spiro atoms. The quantitative estimate of drug-likeness (QED) is 0.123. The second-order valence-corrected chi connectivity index (χ2v) is 11.2. The number of amides is 3. The minimum atomic E-state index is -1.16. The van der Waals surface area contributed by atoms with Crippen LogP contribution in [-0.4, -0.2) is 58.9 Å². The van der Waals surface area contributed by atoms with Crippen LogP contribution in [0.3, 0.4) is 0 Å². The Labute approximate surface area is 271 Å². The van der Waals surface area contributed by atoms with Gasteiger partial charge in [-0.1, -0.05) is 60.7 Å². The van der Waals surface area contributed by atoms with Crippen molar-refractivity contribution in [2.75, 3.05) is 12.4 Å². The maximum absolute atomic E-state index is 13.3. The molecule has 0 saturated carbocycles. The number of carbonyl (C=O) groups is 5. The summed E-state index contributed by atoms with van der Waals surface area (Å²) in [5.74, 6) is -3.23. The molecule has 2 atom stereocenters. The maximum atomic E-state index is 13.3. The minimum Gasteiger partial charge on any atom is -0.480 e. The van der Waals surface area contributed by atoms with E-state index in [0.717, 1.165) is 11.1 Å². The summed E-state index contributed by atoms with van der Waals surface area (Å²) in [6, 6.07) is 20.9. The SMILES string of the molecule is COC(=O)[C@@H](Cc1ccccc1)NC(=O)c1ccc2c(c1)/C(=C/c1[nH]c(C)c(C(=O)N[C@H](Cc3ccccc3)C(=O)O)c1C)C(=O)N2. The molecule has 1 aromatic heterocycles. The van der Waals surface area contributed by atoms with Crippen LogP contribution in [0.5, 0.6) is 0 Å². The number of aryl methyl sites for hydroxylation is 1. The van der Waals surface area contributed by atoms with Gasteiger partial charge in [0, 0.05) is 41.0 Å². The molecule has 240 valence electrons. The Morgan fingerprint density at radius 3 is 2.04 bits per heavy atom. The van der Waals surface area contributed by atoms with Crippen LogP contribution >= 0.6 is 0 Å². The second kappa shape index (κ2) is 14.0. The molecule has 5 N–H and O–H groups in total. The average molecular weight is 635 g/mol. The molecule has 4 aromatic rings. The summed E-state index contributed by atoms with van der Waals surface area (Å²) in [6.07, 6.45) is 1.93. The summed E-state index contributed by atoms with van der Waals surface area (Å²) in [7, 11) is 1.25. The van der Waals surface area contributed by atoms with Gasteiger partial charge >= 0.3 is 11.9 Å². The zero-order chi connectivity index (χ0) is 33.7. The number of rotatable bonds is 11. The largest absolute Gasteiger partial charge is 0.480 e. The smallest absolute Gasteiger partial charge is 0.328 e. The van der Waals surface area contributed by atoms with Gasteiger partial charge in [0.25, 0.3) is 17.7 Å². The van der Waals surface area contributed by atoms with Crippen LogP contribution in [-0.2, 0) is 32.0 Å². The lowest BCUT2D eigenvalue weighted by Crippen LogP contribution is -2.43. The lowest BCUT2D eigenvalue weighted by atomic mass is 10.0. The highest BCUT2D eigenvalue weighted by molar-refractivity contribution is 6.35. The number of fused-ring (bicyclic) bond motifs is 1. The van der Waals surface area contributed by atoms with Gasteiger partial charge in [-0.3, -0.25) is 14.4 Å². The van der Waals surface area contributed by atoms with Crippen LogP contribution in [0.1, 0.15) is 54.4 Å². The first kappa shape index (κ1) is 32.4. The third-order valence-electron chi connectivity index (χ3n) is 8.02. The molecule has 1 aliphatic heterocycles. The zero-order valence-electron chi connectivity index (χ0n) is 26.0. The summed E-state index contributed by atoms with van der Waals surface area (Å²) in [5.41, 5.74) is 4.82. The van der Waals surface area contributed by atoms with Crippen LogP contribution in [0.2, 0.25) is 0 Å². The number of aliphatic carboxylic acids is 1. The van der Waals surface area contributed by atoms with Crippen molar-refractivity contribution < 1.29 is 33.8 Å². The number of esters is 1. The van der Waals surface area contributed by atoms with Crippen LogP contribution in [0, 0.1) is 13.8 Å². The number of carbonyl (C=O) groups excluding carboxylic acids is 4. The summed E-state index contributed by atoms with van der Waals surface area (Å²) >= 11 is 0. The maximum Gasteiger partial charge on any atom is 0.328 e. The van der Waals surface area contributed by atoms with Gasteiger partial charge < -0.3 is 30.8 Å². The Bertz CT molecular complexity index is 1880. The molecule has 47 heavy (non-hydrogen) atoms. The van der Waals surface area contributed by atoms with Gasteiger partial charge in [0.2, 0.25) is 0 Å². The molecule has 11 heteroatoms. The molecule has 3 aromatic carbocycles. The van der Waals surface area contributed by atoms with Crippen LogP contribution in [0.25, 0.3) is 11.6 Å². The number of H-pyrrole nitrogens is 1. The summed E-state index contributed by atoms with van der Waals surface area (Å²) < 4.78 is 4.91. The van der Waals surface area contributed by atoms with Crippen molar-refractivity contribution in [3.8, 4) is 0 Å². The van der Waals surface area contributed by atoms with E-state index < -0.39 is 41.7 Å². The predicted molar refractivity (Wildman–Crippen MR) is 176 cm³/mol. The molecule has 2 heterocycles. The van der Waals surface area contributed by atoms with Crippen molar-refractivity contribution in [3.05, 3.63) is 124 Å². The Hall–Kier alpha value is -5.97. The van der Waals surface area contributed by atoms with E-state index in [-0.39, 0.29) is 29.5 Å². The first-order valence-corrected chi connectivity index (χ1v) is 14.9. The lowest BCUT2D eigenvalue weighted by molar-refractivity contribution is -0.143. The monoisotopic (exact) mass is 634 g/mol. The highest BCUT2D eigenvalue weighted by atomic mass is 16.5. The number of nitrogens with one attached hydrogen (secondary N) is 4. The van der Waals surface area contributed by atoms with Crippen molar-refractivity contribution in [3.63, 3.8) is 0 Å². The van der Waals surface area contributed by atoms with E-state index in [1.165, 1.54) is 7.11 Å². The fourth-order valence-corrected chi connectivity index (χ4v) is 5.58. The standard InChI is InChI=1S/C36H34N4O7/c1-20-28(37-21(2)31(20)34(43)39-29(35(44)45)16-22-10-6-4-7-11-22)19-26-25-18-24(14-15-27(25)38-33(26)42)32(41)40-30(36(46)47-3)17-23-12-8-5-9-13-23/h4-15,18-19,29-30,37H,16-17H2,1-3H3,(H,38,42)(H,39,43)(H,40,41)(H,44,45)/b26-19-/t29-,30-/m1/s1. The third kappa shape index (κ3) is 7.30. The summed E-state index contributed by atoms with van der Waals surface area (Å²) in [6.45, 7) is 3.39. The number of methoxy groups -OCH3 is 1. The van der Waals surface area contributed by atoms with Gasteiger partial charge in [-0.15, -0.1) is 0 Å². The molecule has 1 aliphatic rings. The van der Waals surface area contributed by atoms with Crippen molar-refractivity contribution >= 4 is 47.0 Å². The average Bonchev–Trinajstić information content (AvgIpc) is 3.53. The number of ether oxygens (including phenoxy) is 1. The zero-order valence-corrected chi connectivity index (χ0v) is 26.0. The van der Waals surface area contributed by atoms with Gasteiger partial charge in [0.05, 0.1) is 18.2 Å². The third-order valence-corrected chi connectivity index (χ3v) is 8.02. The van der Waals surface area contributed by atoms with Crippen molar-refractivity contribution in [1.82, 2.24) is 15.6 Å². The number of aromatic nitrogens is 1. The highest BCUT2D eigenvalue weighted by Crippen LogP contribution is 2.35. The number of benzene rings is 3. The Morgan fingerprint density at radius 2 is 1.45 bits per heavy atom. The second-order valence-electron chi connectivity index (χ2n) is 11.2. The van der Waals surface area contributed by atoms with Crippen molar-refractivity contribution in [2.45, 2.75) is 38.8 Å². The number of anilines is 1. The number of aromatic amines is 1. The molecule has 0 saturated heterocycles. The van der Waals surface area contributed by atoms with Crippen molar-refractivity contribution in [1.29, 1.82) is 0 Å². The minimum absolute atomic E-state index is 0.112. The van der Waals surface area contributed by atoms with Crippen LogP contribution in [0.15, 0.2) is 78.9 Å². The predicted octanol–water partition coefficient (Wildman–Crippen LogP) is 4.06. The highest BCUT2D eigenvalue weighted by Gasteiger charge is 2.29. The van der Waals surface area contributed by atoms with E-state index in [0.29, 0.717) is 28.2 Å². The Morgan fingerprint density at radius 1 is 0.851 bits per heavy atom. The van der Waals surface area contributed by atoms with Gasteiger partial charge in [-0.05, 0) is 54.8 Å². The summed E-state index contributed by atoms with van der Waals surface area (Å²) in [5, 5.41) is 17.9. The molecule has 0 unspecified atom stereocenters. The Kier molecular flexibility index (Phi) is 9.65. The number of carboxylic acids is 1. The molecule has 3 amide bonds. The lowest BCUT2D eigenvalue weighted by Gasteiger charge is -2.17. The van der Waals surface area contributed by atoms with Gasteiger partial charge in [0.1, 0.15) is 12.1 Å². The fraction of sp³-hybridized carbons (Fsp3) is 0.194. The molecule has 0 radical (unpaired) electrons. The summed E-state index contributed by atoms with van der Waals surface area (Å²) in [4.78, 5) is 67.3. The van der Waals surface area contributed by atoms with Crippen molar-refractivity contribution in [2.24, 2.45) is 0 Å². The molecule has 11 nitrogen and oxygen atoms in total. The van der Waals surface area contributed by atoms with Gasteiger partial charge in [-0.25, -0.2) is 9.59 Å². The Balaban J connectivity index is 1.38. The molecule has 0 aliphatic carbocycles. The topological polar surface area (TPSA) is 167 Å². The normalized spacial score (nSPS) is 14.1. The van der Waals surface area contributed by atoms with E-state index >= 15 is 0 Å². The number of carboxylic acid groups (broad SMARTS) is 1. The first-order valence-electron chi connectivity index (χ1n) is 14.9. The molecular weight excluding hydrogens is 600 g/mol. The number of hydrogen-bond acceptors (Lipinski definition) is 6. The van der Waals surface area contributed by atoms with E-state index in [9.17, 15) is 29.1 Å².